The lowest BCUT2D eigenvalue weighted by Gasteiger charge is -2.05. The molecule has 0 unspecified atom stereocenters. The molecular weight excluding hydrogens is 202 g/mol. The molecule has 0 radical (unpaired) electrons. The standard InChI is InChI=1S/C11H13N5/c1-8-5-9(2)16-11(15-8)13-6-10-3-4-12-7-14-10/h3-5,7H,6H2,1-2H3,(H,13,15,16). The quantitative estimate of drug-likeness (QED) is 0.840. The molecule has 0 bridgehead atoms. The van der Waals surface area contributed by atoms with Crippen molar-refractivity contribution in [1.82, 2.24) is 19.9 Å². The zero-order chi connectivity index (χ0) is 11.4. The average Bonchev–Trinajstić information content (AvgIpc) is 2.27. The van der Waals surface area contributed by atoms with Gasteiger partial charge in [-0.15, -0.1) is 0 Å². The van der Waals surface area contributed by atoms with Crippen LogP contribution in [0.25, 0.3) is 0 Å². The summed E-state index contributed by atoms with van der Waals surface area (Å²) in [6.45, 7) is 4.50. The third-order valence-corrected chi connectivity index (χ3v) is 2.05. The molecule has 0 aromatic carbocycles. The Morgan fingerprint density at radius 3 is 2.56 bits per heavy atom. The lowest BCUT2D eigenvalue weighted by molar-refractivity contribution is 0.959. The Kier molecular flexibility index (Phi) is 3.05. The number of hydrogen-bond acceptors (Lipinski definition) is 5. The van der Waals surface area contributed by atoms with Gasteiger partial charge in [-0.25, -0.2) is 19.9 Å². The highest BCUT2D eigenvalue weighted by Crippen LogP contribution is 2.04. The number of nitrogens with zero attached hydrogens (tertiary/aromatic N) is 4. The summed E-state index contributed by atoms with van der Waals surface area (Å²) < 4.78 is 0. The molecule has 5 nitrogen and oxygen atoms in total. The first-order valence-corrected chi connectivity index (χ1v) is 5.05. The molecule has 5 heteroatoms. The molecule has 0 atom stereocenters. The van der Waals surface area contributed by atoms with Crippen LogP contribution in [0, 0.1) is 13.8 Å². The molecule has 0 aliphatic heterocycles. The van der Waals surface area contributed by atoms with Crippen molar-refractivity contribution in [3.63, 3.8) is 0 Å². The van der Waals surface area contributed by atoms with Gasteiger partial charge in [0, 0.05) is 17.6 Å². The number of anilines is 1. The van der Waals surface area contributed by atoms with Gasteiger partial charge >= 0.3 is 0 Å². The number of nitrogens with one attached hydrogen (secondary N) is 1. The second kappa shape index (κ2) is 4.65. The zero-order valence-electron chi connectivity index (χ0n) is 9.31. The van der Waals surface area contributed by atoms with Gasteiger partial charge in [-0.1, -0.05) is 0 Å². The fourth-order valence-electron chi connectivity index (χ4n) is 1.40. The van der Waals surface area contributed by atoms with Gasteiger partial charge in [0.15, 0.2) is 0 Å². The molecule has 2 aromatic rings. The lowest BCUT2D eigenvalue weighted by Crippen LogP contribution is -2.06. The monoisotopic (exact) mass is 215 g/mol. The Bertz CT molecular complexity index is 449. The predicted octanol–water partition coefficient (Wildman–Crippen LogP) is 1.50. The number of rotatable bonds is 3. The summed E-state index contributed by atoms with van der Waals surface area (Å²) in [5, 5.41) is 3.13. The third kappa shape index (κ3) is 2.73. The summed E-state index contributed by atoms with van der Waals surface area (Å²) in [7, 11) is 0. The summed E-state index contributed by atoms with van der Waals surface area (Å²) in [6, 6.07) is 3.80. The Hall–Kier alpha value is -2.04. The molecule has 2 rings (SSSR count). The highest BCUT2D eigenvalue weighted by Gasteiger charge is 1.99. The Labute approximate surface area is 94.0 Å². The van der Waals surface area contributed by atoms with E-state index in [1.165, 1.54) is 6.33 Å². The molecule has 0 aliphatic rings. The lowest BCUT2D eigenvalue weighted by atomic mass is 10.3. The van der Waals surface area contributed by atoms with Gasteiger partial charge in [-0.05, 0) is 26.0 Å². The Morgan fingerprint density at radius 2 is 1.94 bits per heavy atom. The summed E-state index contributed by atoms with van der Waals surface area (Å²) in [5.74, 6) is 0.635. The minimum Gasteiger partial charge on any atom is -0.349 e. The van der Waals surface area contributed by atoms with E-state index >= 15 is 0 Å². The van der Waals surface area contributed by atoms with Crippen molar-refractivity contribution in [2.45, 2.75) is 20.4 Å². The zero-order valence-corrected chi connectivity index (χ0v) is 9.31. The summed E-state index contributed by atoms with van der Waals surface area (Å²) in [5.41, 5.74) is 2.83. The van der Waals surface area contributed by atoms with E-state index in [1.807, 2.05) is 26.0 Å². The van der Waals surface area contributed by atoms with Crippen molar-refractivity contribution in [2.75, 3.05) is 5.32 Å². The van der Waals surface area contributed by atoms with Crippen LogP contribution in [0.3, 0.4) is 0 Å². The van der Waals surface area contributed by atoms with Crippen LogP contribution in [0.15, 0.2) is 24.7 Å². The van der Waals surface area contributed by atoms with E-state index in [1.54, 1.807) is 6.20 Å². The van der Waals surface area contributed by atoms with Crippen LogP contribution in [0.1, 0.15) is 17.1 Å². The van der Waals surface area contributed by atoms with Gasteiger partial charge in [0.2, 0.25) is 5.95 Å². The van der Waals surface area contributed by atoms with E-state index in [0.717, 1.165) is 17.1 Å². The normalized spacial score (nSPS) is 10.1. The van der Waals surface area contributed by atoms with E-state index in [-0.39, 0.29) is 0 Å². The van der Waals surface area contributed by atoms with Gasteiger partial charge in [0.05, 0.1) is 12.2 Å². The van der Waals surface area contributed by atoms with E-state index in [0.29, 0.717) is 12.5 Å². The highest BCUT2D eigenvalue weighted by atomic mass is 15.1. The van der Waals surface area contributed by atoms with Crippen LogP contribution in [-0.2, 0) is 6.54 Å². The molecule has 0 fully saturated rings. The predicted molar refractivity (Wildman–Crippen MR) is 60.9 cm³/mol. The SMILES string of the molecule is Cc1cc(C)nc(NCc2ccncn2)n1. The number of aromatic nitrogens is 4. The average molecular weight is 215 g/mol. The molecule has 0 saturated carbocycles. The molecule has 0 aliphatic carbocycles. The maximum absolute atomic E-state index is 4.28. The largest absolute Gasteiger partial charge is 0.349 e. The summed E-state index contributed by atoms with van der Waals surface area (Å²) in [6.07, 6.45) is 3.24. The van der Waals surface area contributed by atoms with Gasteiger partial charge < -0.3 is 5.32 Å². The first-order chi connectivity index (χ1) is 7.74. The van der Waals surface area contributed by atoms with Crippen LogP contribution < -0.4 is 5.32 Å². The topological polar surface area (TPSA) is 63.6 Å². The smallest absolute Gasteiger partial charge is 0.223 e. The molecule has 2 aromatic heterocycles. The third-order valence-electron chi connectivity index (χ3n) is 2.05. The van der Waals surface area contributed by atoms with Crippen molar-refractivity contribution in [3.8, 4) is 0 Å². The van der Waals surface area contributed by atoms with Crippen LogP contribution in [0.4, 0.5) is 5.95 Å². The molecule has 82 valence electrons. The van der Waals surface area contributed by atoms with Crippen LogP contribution in [0.2, 0.25) is 0 Å². The van der Waals surface area contributed by atoms with Crippen molar-refractivity contribution in [3.05, 3.63) is 41.7 Å². The van der Waals surface area contributed by atoms with Crippen LogP contribution >= 0.6 is 0 Å². The highest BCUT2D eigenvalue weighted by molar-refractivity contribution is 5.28. The van der Waals surface area contributed by atoms with Gasteiger partial charge in [0.25, 0.3) is 0 Å². The number of aryl methyl sites for hydroxylation is 2. The van der Waals surface area contributed by atoms with E-state index in [4.69, 9.17) is 0 Å². The molecule has 16 heavy (non-hydrogen) atoms. The summed E-state index contributed by atoms with van der Waals surface area (Å²) in [4.78, 5) is 16.5. The first-order valence-electron chi connectivity index (χ1n) is 5.05. The van der Waals surface area contributed by atoms with Gasteiger partial charge in [-0.2, -0.15) is 0 Å². The molecule has 0 amide bonds. The van der Waals surface area contributed by atoms with E-state index in [9.17, 15) is 0 Å². The Morgan fingerprint density at radius 1 is 1.19 bits per heavy atom. The second-order valence-electron chi connectivity index (χ2n) is 3.53. The van der Waals surface area contributed by atoms with Crippen molar-refractivity contribution >= 4 is 5.95 Å². The molecule has 0 spiro atoms. The molecule has 2 heterocycles. The fourth-order valence-corrected chi connectivity index (χ4v) is 1.40. The summed E-state index contributed by atoms with van der Waals surface area (Å²) >= 11 is 0. The number of hydrogen-bond donors (Lipinski definition) is 1. The van der Waals surface area contributed by atoms with Gasteiger partial charge in [0.1, 0.15) is 6.33 Å². The second-order valence-corrected chi connectivity index (χ2v) is 3.53. The van der Waals surface area contributed by atoms with Gasteiger partial charge in [-0.3, -0.25) is 0 Å². The Balaban J connectivity index is 2.05. The van der Waals surface area contributed by atoms with Crippen molar-refractivity contribution in [2.24, 2.45) is 0 Å². The fraction of sp³-hybridized carbons (Fsp3) is 0.273. The maximum atomic E-state index is 4.28. The molecule has 0 saturated heterocycles. The van der Waals surface area contributed by atoms with Crippen LogP contribution in [-0.4, -0.2) is 19.9 Å². The van der Waals surface area contributed by atoms with Crippen molar-refractivity contribution < 1.29 is 0 Å². The van der Waals surface area contributed by atoms with Crippen molar-refractivity contribution in [1.29, 1.82) is 0 Å². The van der Waals surface area contributed by atoms with E-state index < -0.39 is 0 Å². The minimum absolute atomic E-state index is 0.603. The first kappa shape index (κ1) is 10.5. The maximum Gasteiger partial charge on any atom is 0.223 e. The van der Waals surface area contributed by atoms with E-state index in [2.05, 4.69) is 25.3 Å². The van der Waals surface area contributed by atoms with Crippen LogP contribution in [0.5, 0.6) is 0 Å². The molecule has 1 N–H and O–H groups in total. The minimum atomic E-state index is 0.603. The molecular formula is C11H13N5.